The SMILES string of the molecule is COc1ccc(C)cc1N1C(=O)C(Cl)=C(Nc2cccc(C(=O)Nc3ccc(Cl)cc3C)c2)C1=O. The van der Waals surface area contributed by atoms with Gasteiger partial charge in [-0.1, -0.05) is 35.3 Å². The molecule has 35 heavy (non-hydrogen) atoms. The minimum atomic E-state index is -0.671. The number of ether oxygens (including phenoxy) is 1. The van der Waals surface area contributed by atoms with Crippen LogP contribution in [0.4, 0.5) is 17.1 Å². The molecule has 0 saturated carbocycles. The predicted molar refractivity (Wildman–Crippen MR) is 137 cm³/mol. The highest BCUT2D eigenvalue weighted by Crippen LogP contribution is 2.36. The lowest BCUT2D eigenvalue weighted by molar-refractivity contribution is -0.120. The van der Waals surface area contributed by atoms with Crippen LogP contribution >= 0.6 is 23.2 Å². The van der Waals surface area contributed by atoms with Crippen LogP contribution < -0.4 is 20.3 Å². The third kappa shape index (κ3) is 4.87. The lowest BCUT2D eigenvalue weighted by atomic mass is 10.1. The number of hydrogen-bond donors (Lipinski definition) is 2. The first-order valence-corrected chi connectivity index (χ1v) is 11.3. The largest absolute Gasteiger partial charge is 0.495 e. The minimum Gasteiger partial charge on any atom is -0.495 e. The molecule has 0 unspecified atom stereocenters. The van der Waals surface area contributed by atoms with Crippen molar-refractivity contribution in [3.8, 4) is 5.75 Å². The van der Waals surface area contributed by atoms with Gasteiger partial charge in [0.15, 0.2) is 0 Å². The van der Waals surface area contributed by atoms with Crippen LogP contribution in [0.25, 0.3) is 0 Å². The summed E-state index contributed by atoms with van der Waals surface area (Å²) in [5.74, 6) is -1.29. The Hall–Kier alpha value is -3.81. The molecule has 3 amide bonds. The van der Waals surface area contributed by atoms with E-state index in [0.717, 1.165) is 16.0 Å². The van der Waals surface area contributed by atoms with Crippen LogP contribution in [0.2, 0.25) is 5.02 Å². The fraction of sp³-hybridized carbons (Fsp3) is 0.115. The standard InChI is InChI=1S/C26H21Cl2N3O4/c1-14-7-10-21(35-3)20(11-14)31-25(33)22(28)23(26(31)34)29-18-6-4-5-16(13-18)24(32)30-19-9-8-17(27)12-15(19)2/h4-13,29H,1-3H3,(H,30,32). The molecule has 0 radical (unpaired) electrons. The van der Waals surface area contributed by atoms with Crippen molar-refractivity contribution in [2.75, 3.05) is 22.6 Å². The third-order valence-corrected chi connectivity index (χ3v) is 6.02. The summed E-state index contributed by atoms with van der Waals surface area (Å²) in [6.07, 6.45) is 0. The van der Waals surface area contributed by atoms with Crippen LogP contribution in [-0.4, -0.2) is 24.8 Å². The van der Waals surface area contributed by atoms with E-state index in [-0.39, 0.29) is 16.6 Å². The van der Waals surface area contributed by atoms with Gasteiger partial charge in [0.2, 0.25) is 0 Å². The van der Waals surface area contributed by atoms with Crippen LogP contribution in [0, 0.1) is 13.8 Å². The van der Waals surface area contributed by atoms with Crippen molar-refractivity contribution in [1.82, 2.24) is 0 Å². The zero-order chi connectivity index (χ0) is 25.3. The molecule has 0 saturated heterocycles. The van der Waals surface area contributed by atoms with E-state index in [4.69, 9.17) is 27.9 Å². The van der Waals surface area contributed by atoms with Crippen molar-refractivity contribution in [3.63, 3.8) is 0 Å². The maximum Gasteiger partial charge on any atom is 0.283 e. The highest BCUT2D eigenvalue weighted by Gasteiger charge is 2.40. The smallest absolute Gasteiger partial charge is 0.283 e. The summed E-state index contributed by atoms with van der Waals surface area (Å²) in [7, 11) is 1.45. The van der Waals surface area contributed by atoms with Gasteiger partial charge < -0.3 is 15.4 Å². The Kier molecular flexibility index (Phi) is 6.82. The molecule has 1 aliphatic rings. The van der Waals surface area contributed by atoms with Crippen LogP contribution in [0.5, 0.6) is 5.75 Å². The number of halogens is 2. The van der Waals surface area contributed by atoms with E-state index in [1.807, 2.05) is 19.9 Å². The first-order valence-electron chi connectivity index (χ1n) is 10.6. The van der Waals surface area contributed by atoms with Crippen LogP contribution in [0.15, 0.2) is 71.4 Å². The van der Waals surface area contributed by atoms with Crippen molar-refractivity contribution in [1.29, 1.82) is 0 Å². The number of methoxy groups -OCH3 is 1. The monoisotopic (exact) mass is 509 g/mol. The number of benzene rings is 3. The molecule has 2 N–H and O–H groups in total. The number of rotatable bonds is 6. The summed E-state index contributed by atoms with van der Waals surface area (Å²) < 4.78 is 5.32. The van der Waals surface area contributed by atoms with E-state index in [0.29, 0.717) is 33.4 Å². The van der Waals surface area contributed by atoms with Crippen LogP contribution in [0.1, 0.15) is 21.5 Å². The van der Waals surface area contributed by atoms with Gasteiger partial charge in [-0.2, -0.15) is 0 Å². The van der Waals surface area contributed by atoms with E-state index in [1.165, 1.54) is 7.11 Å². The highest BCUT2D eigenvalue weighted by molar-refractivity contribution is 6.53. The Morgan fingerprint density at radius 3 is 2.43 bits per heavy atom. The number of carbonyl (C=O) groups excluding carboxylic acids is 3. The van der Waals surface area contributed by atoms with Gasteiger partial charge in [-0.3, -0.25) is 14.4 Å². The molecule has 0 bridgehead atoms. The van der Waals surface area contributed by atoms with Crippen LogP contribution in [-0.2, 0) is 9.59 Å². The molecule has 9 heteroatoms. The van der Waals surface area contributed by atoms with Crippen molar-refractivity contribution in [3.05, 3.63) is 93.1 Å². The van der Waals surface area contributed by atoms with Crippen LogP contribution in [0.3, 0.4) is 0 Å². The summed E-state index contributed by atoms with van der Waals surface area (Å²) >= 11 is 12.2. The first-order chi connectivity index (χ1) is 16.7. The molecular weight excluding hydrogens is 489 g/mol. The molecule has 1 heterocycles. The summed E-state index contributed by atoms with van der Waals surface area (Å²) in [6, 6.07) is 16.8. The molecule has 0 spiro atoms. The van der Waals surface area contributed by atoms with Gasteiger partial charge in [0.25, 0.3) is 17.7 Å². The average molecular weight is 510 g/mol. The number of hydrogen-bond acceptors (Lipinski definition) is 5. The normalized spacial score (nSPS) is 13.3. The van der Waals surface area contributed by atoms with E-state index >= 15 is 0 Å². The van der Waals surface area contributed by atoms with Gasteiger partial charge in [-0.15, -0.1) is 0 Å². The maximum atomic E-state index is 13.2. The molecule has 0 atom stereocenters. The van der Waals surface area contributed by atoms with Gasteiger partial charge in [0.05, 0.1) is 12.8 Å². The van der Waals surface area contributed by atoms with E-state index in [1.54, 1.807) is 54.6 Å². The number of amides is 3. The average Bonchev–Trinajstić information content (AvgIpc) is 3.04. The second kappa shape index (κ2) is 9.82. The Morgan fingerprint density at radius 2 is 1.71 bits per heavy atom. The number of aryl methyl sites for hydroxylation is 2. The lowest BCUT2D eigenvalue weighted by Gasteiger charge is -2.18. The fourth-order valence-electron chi connectivity index (χ4n) is 3.65. The molecule has 7 nitrogen and oxygen atoms in total. The molecule has 4 rings (SSSR count). The minimum absolute atomic E-state index is 0.0914. The molecule has 1 aliphatic heterocycles. The maximum absolute atomic E-state index is 13.2. The first kappa shape index (κ1) is 24.3. The van der Waals surface area contributed by atoms with Gasteiger partial charge in [0.1, 0.15) is 16.5 Å². The summed E-state index contributed by atoms with van der Waals surface area (Å²) in [6.45, 7) is 3.68. The highest BCUT2D eigenvalue weighted by atomic mass is 35.5. The number of nitrogens with zero attached hydrogens (tertiary/aromatic N) is 1. The molecule has 3 aromatic carbocycles. The fourth-order valence-corrected chi connectivity index (χ4v) is 4.09. The second-order valence-corrected chi connectivity index (χ2v) is 8.74. The zero-order valence-corrected chi connectivity index (χ0v) is 20.6. The number of imide groups is 1. The predicted octanol–water partition coefficient (Wildman–Crippen LogP) is 5.65. The summed E-state index contributed by atoms with van der Waals surface area (Å²) in [5.41, 5.74) is 3.25. The quantitative estimate of drug-likeness (QED) is 0.419. The summed E-state index contributed by atoms with van der Waals surface area (Å²) in [4.78, 5) is 39.8. The lowest BCUT2D eigenvalue weighted by Crippen LogP contribution is -2.32. The Bertz CT molecular complexity index is 1400. The van der Waals surface area contributed by atoms with E-state index in [9.17, 15) is 14.4 Å². The molecule has 3 aromatic rings. The molecule has 0 fully saturated rings. The number of nitrogens with one attached hydrogen (secondary N) is 2. The number of carbonyl (C=O) groups is 3. The molecule has 0 aliphatic carbocycles. The van der Waals surface area contributed by atoms with Crippen molar-refractivity contribution in [2.45, 2.75) is 13.8 Å². The topological polar surface area (TPSA) is 87.7 Å². The molecular formula is C26H21Cl2N3O4. The third-order valence-electron chi connectivity index (χ3n) is 5.43. The molecule has 178 valence electrons. The Balaban J connectivity index is 1.57. The van der Waals surface area contributed by atoms with Crippen molar-refractivity contribution in [2.24, 2.45) is 0 Å². The van der Waals surface area contributed by atoms with Crippen molar-refractivity contribution < 1.29 is 19.1 Å². The van der Waals surface area contributed by atoms with E-state index in [2.05, 4.69) is 10.6 Å². The van der Waals surface area contributed by atoms with E-state index < -0.39 is 11.8 Å². The second-order valence-electron chi connectivity index (χ2n) is 7.93. The Labute approximate surface area is 212 Å². The number of anilines is 3. The Morgan fingerprint density at radius 1 is 0.943 bits per heavy atom. The molecule has 0 aromatic heterocycles. The van der Waals surface area contributed by atoms with Gasteiger partial charge in [-0.05, 0) is 73.5 Å². The zero-order valence-electron chi connectivity index (χ0n) is 19.1. The van der Waals surface area contributed by atoms with Gasteiger partial charge >= 0.3 is 0 Å². The van der Waals surface area contributed by atoms with Gasteiger partial charge in [-0.25, -0.2) is 4.90 Å². The summed E-state index contributed by atoms with van der Waals surface area (Å²) in [5, 5.41) is 6.05. The van der Waals surface area contributed by atoms with Crippen molar-refractivity contribution >= 4 is 58.0 Å². The van der Waals surface area contributed by atoms with Gasteiger partial charge in [0, 0.05) is 22.0 Å².